The maximum absolute atomic E-state index is 12.3. The number of carbonyl (C=O) groups is 2. The Morgan fingerprint density at radius 3 is 1.50 bits per heavy atom. The molecule has 0 fully saturated rings. The first-order valence-electron chi connectivity index (χ1n) is 18.5. The van der Waals surface area contributed by atoms with Crippen LogP contribution in [0, 0.1) is 0 Å². The van der Waals surface area contributed by atoms with Crippen molar-refractivity contribution in [1.29, 1.82) is 0 Å². The summed E-state index contributed by atoms with van der Waals surface area (Å²) in [5.74, 6) is -0.999. The molecule has 8 nitrogen and oxygen atoms in total. The lowest BCUT2D eigenvalue weighted by molar-refractivity contribution is -0.343. The van der Waals surface area contributed by atoms with Crippen LogP contribution in [0.4, 0.5) is 0 Å². The molecule has 1 atom stereocenters. The second-order valence-electron chi connectivity index (χ2n) is 12.1. The Morgan fingerprint density at radius 2 is 1.00 bits per heavy atom. The summed E-state index contributed by atoms with van der Waals surface area (Å²) in [4.78, 5) is 46.4. The smallest absolute Gasteiger partial charge is 0.306 e. The van der Waals surface area contributed by atoms with E-state index < -0.39 is 32.5 Å². The highest BCUT2D eigenvalue weighted by Crippen LogP contribution is 2.25. The number of esters is 2. The molecule has 0 unspecified atom stereocenters. The molecule has 0 N–H and O–H groups in total. The lowest BCUT2D eigenvalue weighted by Crippen LogP contribution is -2.31. The normalized spacial score (nSPS) is 13.2. The van der Waals surface area contributed by atoms with Gasteiger partial charge in [0.1, 0.15) is 6.61 Å². The zero-order chi connectivity index (χ0) is 35.4. The van der Waals surface area contributed by atoms with Gasteiger partial charge in [-0.2, -0.15) is 0 Å². The van der Waals surface area contributed by atoms with Gasteiger partial charge in [0.2, 0.25) is 0 Å². The van der Waals surface area contributed by atoms with E-state index in [1.54, 1.807) is 0 Å². The maximum Gasteiger partial charge on any atom is 0.306 e. The van der Waals surface area contributed by atoms with Gasteiger partial charge in [-0.15, -0.1) is 0 Å². The molecular weight excluding hydrogens is 627 g/mol. The lowest BCUT2D eigenvalue weighted by atomic mass is 10.1. The number of phosphoric ester groups is 1. The molecule has 0 saturated heterocycles. The zero-order valence-electron chi connectivity index (χ0n) is 30.0. The zero-order valence-corrected chi connectivity index (χ0v) is 30.9. The van der Waals surface area contributed by atoms with Crippen LogP contribution in [0.25, 0.3) is 0 Å². The van der Waals surface area contributed by atoms with E-state index in [4.69, 9.17) is 9.47 Å². The highest BCUT2D eigenvalue weighted by atomic mass is 31.2. The molecule has 0 aliphatic carbocycles. The fourth-order valence-electron chi connectivity index (χ4n) is 4.76. The molecule has 9 heteroatoms. The molecule has 0 saturated carbocycles. The van der Waals surface area contributed by atoms with E-state index in [0.717, 1.165) is 89.9 Å². The minimum atomic E-state index is -5.26. The van der Waals surface area contributed by atoms with Crippen molar-refractivity contribution in [2.45, 2.75) is 161 Å². The number of hydrogen-bond acceptors (Lipinski definition) is 8. The number of allylic oxidation sites excluding steroid dienone is 10. The Balaban J connectivity index is 4.04. The first-order chi connectivity index (χ1) is 23.3. The van der Waals surface area contributed by atoms with Crippen LogP contribution < -0.4 is 9.79 Å². The van der Waals surface area contributed by atoms with Crippen LogP contribution >= 0.6 is 7.82 Å². The summed E-state index contributed by atoms with van der Waals surface area (Å²) in [5.41, 5.74) is 0. The van der Waals surface area contributed by atoms with Crippen molar-refractivity contribution in [3.63, 3.8) is 0 Å². The van der Waals surface area contributed by atoms with E-state index in [9.17, 15) is 23.9 Å². The number of unbranched alkanes of at least 4 members (excludes halogenated alkanes) is 13. The number of carbonyl (C=O) groups excluding carboxylic acids is 2. The lowest BCUT2D eigenvalue weighted by Gasteiger charge is -2.30. The topological polar surface area (TPSA) is 125 Å². The number of phosphoric acid groups is 1. The van der Waals surface area contributed by atoms with Crippen LogP contribution in [0.1, 0.15) is 155 Å². The van der Waals surface area contributed by atoms with Crippen molar-refractivity contribution in [2.24, 2.45) is 0 Å². The summed E-state index contributed by atoms with van der Waals surface area (Å²) < 4.78 is 25.7. The molecule has 276 valence electrons. The fraction of sp³-hybridized carbons (Fsp3) is 0.692. The standard InChI is InChI=1S/C39H67O8P/c1-3-5-7-9-11-13-15-17-19-21-23-25-27-29-31-33-38(40)45-35-37(36-46-48(42,43)44)47-39(41)34-32-30-28-26-24-22-20-18-16-14-12-10-8-6-4-2/h6,8,11-14,17-20,37H,3-5,7,9-10,15-16,21-36H2,1-2H3,(H2,42,43,44)/p-2/b8-6-,13-11-,14-12-,19-17-,20-18-/t37-/m1/s1. The Hall–Kier alpha value is -2.25. The van der Waals surface area contributed by atoms with Gasteiger partial charge in [0, 0.05) is 12.8 Å². The van der Waals surface area contributed by atoms with Crippen LogP contribution in [-0.4, -0.2) is 31.3 Å². The quantitative estimate of drug-likeness (QED) is 0.0288. The van der Waals surface area contributed by atoms with E-state index in [0.29, 0.717) is 12.8 Å². The largest absolute Gasteiger partial charge is 0.790 e. The third-order valence-corrected chi connectivity index (χ3v) is 7.98. The average Bonchev–Trinajstić information content (AvgIpc) is 3.05. The van der Waals surface area contributed by atoms with Crippen molar-refractivity contribution >= 4 is 19.8 Å². The molecule has 0 spiro atoms. The van der Waals surface area contributed by atoms with Crippen LogP contribution in [0.2, 0.25) is 0 Å². The van der Waals surface area contributed by atoms with Crippen molar-refractivity contribution in [3.05, 3.63) is 60.8 Å². The molecule has 0 aromatic rings. The average molecular weight is 693 g/mol. The van der Waals surface area contributed by atoms with Crippen LogP contribution in [0.5, 0.6) is 0 Å². The Morgan fingerprint density at radius 1 is 0.562 bits per heavy atom. The minimum absolute atomic E-state index is 0.155. The van der Waals surface area contributed by atoms with Crippen molar-refractivity contribution in [2.75, 3.05) is 13.2 Å². The van der Waals surface area contributed by atoms with Gasteiger partial charge in [0.15, 0.2) is 6.10 Å². The highest BCUT2D eigenvalue weighted by Gasteiger charge is 2.18. The predicted octanol–water partition coefficient (Wildman–Crippen LogP) is 9.69. The highest BCUT2D eigenvalue weighted by molar-refractivity contribution is 7.43. The Labute approximate surface area is 292 Å². The van der Waals surface area contributed by atoms with Gasteiger partial charge in [0.25, 0.3) is 0 Å². The van der Waals surface area contributed by atoms with E-state index >= 15 is 0 Å². The van der Waals surface area contributed by atoms with Crippen molar-refractivity contribution < 1.29 is 37.9 Å². The predicted molar refractivity (Wildman–Crippen MR) is 193 cm³/mol. The Bertz CT molecular complexity index is 963. The van der Waals surface area contributed by atoms with Crippen LogP contribution in [-0.2, 0) is 28.2 Å². The van der Waals surface area contributed by atoms with E-state index in [2.05, 4.69) is 79.1 Å². The molecule has 0 heterocycles. The first kappa shape index (κ1) is 45.8. The molecule has 0 aliphatic rings. The van der Waals surface area contributed by atoms with Gasteiger partial charge in [-0.25, -0.2) is 0 Å². The molecule has 0 radical (unpaired) electrons. The van der Waals surface area contributed by atoms with E-state index in [1.165, 1.54) is 25.7 Å². The van der Waals surface area contributed by atoms with Gasteiger partial charge in [-0.05, 0) is 77.0 Å². The van der Waals surface area contributed by atoms with Crippen LogP contribution in [0.15, 0.2) is 60.8 Å². The summed E-state index contributed by atoms with van der Waals surface area (Å²) in [6.45, 7) is 3.31. The molecule has 0 rings (SSSR count). The van der Waals surface area contributed by atoms with Crippen LogP contribution in [0.3, 0.4) is 0 Å². The summed E-state index contributed by atoms with van der Waals surface area (Å²) in [6.07, 6.45) is 41.8. The van der Waals surface area contributed by atoms with E-state index in [1.807, 2.05) is 0 Å². The summed E-state index contributed by atoms with van der Waals surface area (Å²) in [5, 5.41) is 0. The third-order valence-electron chi connectivity index (χ3n) is 7.51. The number of hydrogen-bond donors (Lipinski definition) is 0. The van der Waals surface area contributed by atoms with E-state index in [-0.39, 0.29) is 19.4 Å². The first-order valence-corrected chi connectivity index (χ1v) is 20.0. The Kier molecular flexibility index (Phi) is 33.0. The number of ether oxygens (including phenoxy) is 2. The molecule has 0 bridgehead atoms. The molecule has 0 aromatic heterocycles. The molecule has 0 aliphatic heterocycles. The van der Waals surface area contributed by atoms with Gasteiger partial charge >= 0.3 is 11.9 Å². The van der Waals surface area contributed by atoms with Crippen molar-refractivity contribution in [3.8, 4) is 0 Å². The van der Waals surface area contributed by atoms with Gasteiger partial charge in [0.05, 0.1) is 14.4 Å². The summed E-state index contributed by atoms with van der Waals surface area (Å²) in [6, 6.07) is 0. The second kappa shape index (κ2) is 34.6. The van der Waals surface area contributed by atoms with Crippen molar-refractivity contribution in [1.82, 2.24) is 0 Å². The molecular formula is C39H65O8P-2. The maximum atomic E-state index is 12.3. The number of rotatable bonds is 33. The second-order valence-corrected chi connectivity index (χ2v) is 13.3. The summed E-state index contributed by atoms with van der Waals surface area (Å²) >= 11 is 0. The third kappa shape index (κ3) is 36.6. The fourth-order valence-corrected chi connectivity index (χ4v) is 5.11. The summed E-state index contributed by atoms with van der Waals surface area (Å²) in [7, 11) is -5.26. The monoisotopic (exact) mass is 692 g/mol. The molecule has 0 amide bonds. The van der Waals surface area contributed by atoms with Gasteiger partial charge in [-0.1, -0.05) is 126 Å². The SMILES string of the molecule is CC/C=C\C/C=C\C/C=C\CCCCCCCC(=O)O[C@H](COC(=O)CCCCCCC/C=C\C/C=C\CCCCC)COP(=O)([O-])[O-]. The van der Waals surface area contributed by atoms with Gasteiger partial charge < -0.3 is 28.3 Å². The molecule has 48 heavy (non-hydrogen) atoms. The minimum Gasteiger partial charge on any atom is -0.790 e. The van der Waals surface area contributed by atoms with Gasteiger partial charge in [-0.3, -0.25) is 9.59 Å². The molecule has 0 aromatic carbocycles.